The molecule has 6 heteroatoms. The van der Waals surface area contributed by atoms with Gasteiger partial charge in [0.1, 0.15) is 6.61 Å². The Morgan fingerprint density at radius 2 is 1.93 bits per heavy atom. The molecule has 0 bridgehead atoms. The van der Waals surface area contributed by atoms with Crippen molar-refractivity contribution in [3.05, 3.63) is 64.5 Å². The van der Waals surface area contributed by atoms with E-state index in [-0.39, 0.29) is 11.9 Å². The average molecular weight is 382 g/mol. The van der Waals surface area contributed by atoms with Gasteiger partial charge in [0.15, 0.2) is 4.80 Å². The van der Waals surface area contributed by atoms with Crippen molar-refractivity contribution in [2.75, 3.05) is 6.61 Å². The molecule has 3 rings (SSSR count). The Bertz CT molecular complexity index is 1020. The molecule has 0 fully saturated rings. The van der Waals surface area contributed by atoms with Gasteiger partial charge in [0.2, 0.25) is 0 Å². The standard InChI is InChI=1S/C21H23N3O2S/c1-4-17(14-22-26-5-2)24-18-8-6-7-9-19(18)27-21(24)23-20(25)16-12-10-15(3)11-13-16/h6-14,17H,4-5H2,1-3H3. The number of rotatable bonds is 6. The van der Waals surface area contributed by atoms with Gasteiger partial charge in [-0.3, -0.25) is 4.79 Å². The van der Waals surface area contributed by atoms with Crippen molar-refractivity contribution in [2.24, 2.45) is 10.1 Å². The molecule has 3 aromatic rings. The fourth-order valence-corrected chi connectivity index (χ4v) is 3.86. The van der Waals surface area contributed by atoms with Crippen molar-refractivity contribution in [1.29, 1.82) is 0 Å². The summed E-state index contributed by atoms with van der Waals surface area (Å²) in [6, 6.07) is 15.5. The van der Waals surface area contributed by atoms with E-state index in [0.717, 1.165) is 22.2 Å². The van der Waals surface area contributed by atoms with Gasteiger partial charge in [-0.05, 0) is 44.5 Å². The van der Waals surface area contributed by atoms with Crippen LogP contribution < -0.4 is 4.80 Å². The summed E-state index contributed by atoms with van der Waals surface area (Å²) in [6.07, 6.45) is 2.58. The smallest absolute Gasteiger partial charge is 0.279 e. The first-order valence-corrected chi connectivity index (χ1v) is 9.87. The molecule has 1 heterocycles. The van der Waals surface area contributed by atoms with E-state index in [1.807, 2.05) is 62.4 Å². The molecule has 1 aromatic heterocycles. The molecule has 2 aromatic carbocycles. The minimum absolute atomic E-state index is 0.0442. The lowest BCUT2D eigenvalue weighted by Crippen LogP contribution is -2.23. The number of benzene rings is 2. The van der Waals surface area contributed by atoms with Gasteiger partial charge in [-0.15, -0.1) is 0 Å². The molecular formula is C21H23N3O2S. The van der Waals surface area contributed by atoms with Crippen LogP contribution in [0.3, 0.4) is 0 Å². The summed E-state index contributed by atoms with van der Waals surface area (Å²) < 4.78 is 3.14. The molecule has 0 aliphatic carbocycles. The summed E-state index contributed by atoms with van der Waals surface area (Å²) in [4.78, 5) is 22.9. The maximum Gasteiger partial charge on any atom is 0.279 e. The summed E-state index contributed by atoms with van der Waals surface area (Å²) in [5, 5.41) is 4.04. The molecule has 140 valence electrons. The van der Waals surface area contributed by atoms with Crippen LogP contribution in [-0.4, -0.2) is 23.3 Å². The third-order valence-corrected chi connectivity index (χ3v) is 5.25. The summed E-state index contributed by atoms with van der Waals surface area (Å²) in [5.74, 6) is -0.244. The van der Waals surface area contributed by atoms with Gasteiger partial charge in [-0.2, -0.15) is 4.99 Å². The van der Waals surface area contributed by atoms with Crippen molar-refractivity contribution in [3.8, 4) is 0 Å². The lowest BCUT2D eigenvalue weighted by atomic mass is 10.1. The molecular weight excluding hydrogens is 358 g/mol. The number of aromatic nitrogens is 1. The highest BCUT2D eigenvalue weighted by Gasteiger charge is 2.15. The highest BCUT2D eigenvalue weighted by atomic mass is 32.1. The summed E-state index contributed by atoms with van der Waals surface area (Å²) in [7, 11) is 0. The Morgan fingerprint density at radius 1 is 1.19 bits per heavy atom. The maximum atomic E-state index is 12.7. The number of oxime groups is 1. The van der Waals surface area contributed by atoms with E-state index in [4.69, 9.17) is 4.84 Å². The molecule has 0 radical (unpaired) electrons. The molecule has 0 N–H and O–H groups in total. The number of carbonyl (C=O) groups excluding carboxylic acids is 1. The highest BCUT2D eigenvalue weighted by molar-refractivity contribution is 7.16. The number of aryl methyl sites for hydroxylation is 1. The maximum absolute atomic E-state index is 12.7. The zero-order chi connectivity index (χ0) is 19.2. The number of hydrogen-bond donors (Lipinski definition) is 0. The van der Waals surface area contributed by atoms with E-state index in [1.54, 1.807) is 6.21 Å². The third-order valence-electron chi connectivity index (χ3n) is 4.21. The zero-order valence-electron chi connectivity index (χ0n) is 15.8. The molecule has 1 unspecified atom stereocenters. The second-order valence-electron chi connectivity index (χ2n) is 6.15. The van der Waals surface area contributed by atoms with E-state index < -0.39 is 0 Å². The number of nitrogens with zero attached hydrogens (tertiary/aromatic N) is 3. The first-order chi connectivity index (χ1) is 13.1. The van der Waals surface area contributed by atoms with Crippen molar-refractivity contribution in [3.63, 3.8) is 0 Å². The Balaban J connectivity index is 2.11. The van der Waals surface area contributed by atoms with E-state index in [2.05, 4.69) is 21.6 Å². The largest absolute Gasteiger partial charge is 0.396 e. The first-order valence-electron chi connectivity index (χ1n) is 9.05. The van der Waals surface area contributed by atoms with E-state index >= 15 is 0 Å². The fourth-order valence-electron chi connectivity index (χ4n) is 2.78. The van der Waals surface area contributed by atoms with Gasteiger partial charge >= 0.3 is 0 Å². The topological polar surface area (TPSA) is 55.9 Å². The van der Waals surface area contributed by atoms with Crippen LogP contribution in [0.25, 0.3) is 10.2 Å². The lowest BCUT2D eigenvalue weighted by molar-refractivity contribution is 0.0997. The van der Waals surface area contributed by atoms with Crippen LogP contribution in [0.2, 0.25) is 0 Å². The Labute approximate surface area is 162 Å². The minimum Gasteiger partial charge on any atom is -0.396 e. The summed E-state index contributed by atoms with van der Waals surface area (Å²) in [5.41, 5.74) is 2.73. The first kappa shape index (κ1) is 19.0. The molecule has 0 saturated heterocycles. The van der Waals surface area contributed by atoms with E-state index in [0.29, 0.717) is 17.0 Å². The Kier molecular flexibility index (Phi) is 6.19. The predicted octanol–water partition coefficient (Wildman–Crippen LogP) is 4.73. The quantitative estimate of drug-likeness (QED) is 0.458. The third kappa shape index (κ3) is 4.34. The Hall–Kier alpha value is -2.73. The van der Waals surface area contributed by atoms with Crippen molar-refractivity contribution in [2.45, 2.75) is 33.2 Å². The van der Waals surface area contributed by atoms with E-state index in [9.17, 15) is 4.79 Å². The van der Waals surface area contributed by atoms with Crippen LogP contribution in [-0.2, 0) is 4.84 Å². The van der Waals surface area contributed by atoms with Crippen molar-refractivity contribution < 1.29 is 9.63 Å². The molecule has 0 spiro atoms. The van der Waals surface area contributed by atoms with Gasteiger partial charge in [0.05, 0.1) is 22.5 Å². The van der Waals surface area contributed by atoms with Gasteiger partial charge in [-0.1, -0.05) is 53.2 Å². The monoisotopic (exact) mass is 381 g/mol. The van der Waals surface area contributed by atoms with Crippen LogP contribution in [0.5, 0.6) is 0 Å². The fraction of sp³-hybridized carbons (Fsp3) is 0.286. The molecule has 27 heavy (non-hydrogen) atoms. The van der Waals surface area contributed by atoms with Gasteiger partial charge in [0.25, 0.3) is 5.91 Å². The van der Waals surface area contributed by atoms with Crippen LogP contribution in [0, 0.1) is 6.92 Å². The summed E-state index contributed by atoms with van der Waals surface area (Å²) >= 11 is 1.51. The molecule has 0 saturated carbocycles. The second-order valence-corrected chi connectivity index (χ2v) is 7.16. The number of amides is 1. The van der Waals surface area contributed by atoms with Crippen LogP contribution in [0.15, 0.2) is 58.7 Å². The van der Waals surface area contributed by atoms with Crippen molar-refractivity contribution >= 4 is 33.7 Å². The highest BCUT2D eigenvalue weighted by Crippen LogP contribution is 2.21. The van der Waals surface area contributed by atoms with Crippen molar-refractivity contribution in [1.82, 2.24) is 4.57 Å². The SMILES string of the molecule is CCON=CC(CC)n1c(=NC(=O)c2ccc(C)cc2)sc2ccccc21. The van der Waals surface area contributed by atoms with E-state index in [1.165, 1.54) is 11.3 Å². The number of thiazole rings is 1. The van der Waals surface area contributed by atoms with Gasteiger partial charge in [-0.25, -0.2) is 0 Å². The van der Waals surface area contributed by atoms with Crippen LogP contribution in [0.1, 0.15) is 42.2 Å². The molecule has 0 aliphatic rings. The second kappa shape index (κ2) is 8.77. The zero-order valence-corrected chi connectivity index (χ0v) is 16.6. The number of fused-ring (bicyclic) bond motifs is 1. The van der Waals surface area contributed by atoms with Gasteiger partial charge < -0.3 is 9.40 Å². The van der Waals surface area contributed by atoms with Crippen LogP contribution >= 0.6 is 11.3 Å². The Morgan fingerprint density at radius 3 is 2.63 bits per heavy atom. The minimum atomic E-state index is -0.244. The molecule has 5 nitrogen and oxygen atoms in total. The predicted molar refractivity (Wildman–Crippen MR) is 110 cm³/mol. The lowest BCUT2D eigenvalue weighted by Gasteiger charge is -2.13. The molecule has 1 atom stereocenters. The normalized spacial score (nSPS) is 13.4. The number of carbonyl (C=O) groups is 1. The molecule has 1 amide bonds. The molecule has 0 aliphatic heterocycles. The number of hydrogen-bond acceptors (Lipinski definition) is 4. The number of para-hydroxylation sites is 1. The summed E-state index contributed by atoms with van der Waals surface area (Å²) in [6.45, 7) is 6.49. The average Bonchev–Trinajstić information content (AvgIpc) is 3.03. The van der Waals surface area contributed by atoms with Gasteiger partial charge in [0, 0.05) is 5.56 Å². The van der Waals surface area contributed by atoms with Crippen LogP contribution in [0.4, 0.5) is 0 Å².